The summed E-state index contributed by atoms with van der Waals surface area (Å²) >= 11 is 0. The Morgan fingerprint density at radius 2 is 1.97 bits per heavy atom. The minimum absolute atomic E-state index is 0.387. The van der Waals surface area contributed by atoms with Gasteiger partial charge < -0.3 is 9.30 Å². The molecule has 0 atom stereocenters. The minimum atomic E-state index is 0.387. The Balaban J connectivity index is 1.68. The maximum Gasteiger partial charge on any atom is 0.166 e. The Kier molecular flexibility index (Phi) is 4.42. The molecule has 7 nitrogen and oxygen atoms in total. The van der Waals surface area contributed by atoms with E-state index < -0.39 is 0 Å². The highest BCUT2D eigenvalue weighted by Gasteiger charge is 2.25. The zero-order chi connectivity index (χ0) is 20.7. The van der Waals surface area contributed by atoms with E-state index in [1.165, 1.54) is 0 Å². The Morgan fingerprint density at radius 1 is 1.07 bits per heavy atom. The molecule has 0 saturated heterocycles. The van der Waals surface area contributed by atoms with Crippen LogP contribution in [0.5, 0.6) is 0 Å². The van der Waals surface area contributed by atoms with Crippen molar-refractivity contribution >= 4 is 0 Å². The fraction of sp³-hybridized carbons (Fsp3) is 0.217. The lowest BCUT2D eigenvalue weighted by molar-refractivity contribution is 0.174. The monoisotopic (exact) mass is 396 g/mol. The number of imidazole rings is 1. The van der Waals surface area contributed by atoms with Gasteiger partial charge in [-0.25, -0.2) is 4.98 Å². The van der Waals surface area contributed by atoms with Crippen LogP contribution in [-0.4, -0.2) is 36.4 Å². The van der Waals surface area contributed by atoms with Crippen LogP contribution in [0.2, 0.25) is 0 Å². The molecule has 0 N–H and O–H groups in total. The minimum Gasteiger partial charge on any atom is -0.377 e. The molecule has 4 heterocycles. The van der Waals surface area contributed by atoms with E-state index in [9.17, 15) is 0 Å². The largest absolute Gasteiger partial charge is 0.377 e. The highest BCUT2D eigenvalue weighted by molar-refractivity contribution is 5.70. The maximum absolute atomic E-state index is 5.34. The van der Waals surface area contributed by atoms with Gasteiger partial charge in [0.2, 0.25) is 0 Å². The van der Waals surface area contributed by atoms with Gasteiger partial charge >= 0.3 is 0 Å². The molecular formula is C23H20N6O. The highest BCUT2D eigenvalue weighted by Crippen LogP contribution is 2.33. The van der Waals surface area contributed by atoms with Gasteiger partial charge in [-0.15, -0.1) is 10.2 Å². The number of aromatic nitrogens is 6. The lowest BCUT2D eigenvalue weighted by Crippen LogP contribution is -2.09. The molecule has 0 unspecified atom stereocenters. The second kappa shape index (κ2) is 7.25. The third kappa shape index (κ3) is 3.08. The van der Waals surface area contributed by atoms with Gasteiger partial charge in [-0.3, -0.25) is 9.55 Å². The lowest BCUT2D eigenvalue weighted by atomic mass is 10.1. The van der Waals surface area contributed by atoms with Crippen LogP contribution in [-0.2, 0) is 17.9 Å². The second-order valence-corrected chi connectivity index (χ2v) is 7.39. The quantitative estimate of drug-likeness (QED) is 0.429. The Morgan fingerprint density at radius 3 is 2.80 bits per heavy atom. The smallest absolute Gasteiger partial charge is 0.166 e. The van der Waals surface area contributed by atoms with E-state index in [2.05, 4.69) is 66.3 Å². The number of hydrogen-bond acceptors (Lipinski definition) is 5. The Bertz CT molecular complexity index is 1320. The molecule has 30 heavy (non-hydrogen) atoms. The Hall–Kier alpha value is -3.76. The van der Waals surface area contributed by atoms with Crippen molar-refractivity contribution < 1.29 is 4.74 Å². The van der Waals surface area contributed by atoms with Gasteiger partial charge in [-0.05, 0) is 43.5 Å². The van der Waals surface area contributed by atoms with Crippen LogP contribution in [0.4, 0.5) is 0 Å². The van der Waals surface area contributed by atoms with E-state index in [0.29, 0.717) is 13.2 Å². The Labute approximate surface area is 174 Å². The van der Waals surface area contributed by atoms with Gasteiger partial charge in [0.1, 0.15) is 18.6 Å². The van der Waals surface area contributed by atoms with Crippen LogP contribution >= 0.6 is 0 Å². The summed E-state index contributed by atoms with van der Waals surface area (Å²) in [5.74, 6) is 8.03. The fourth-order valence-electron chi connectivity index (χ4n) is 3.72. The van der Waals surface area contributed by atoms with Crippen molar-refractivity contribution in [1.82, 2.24) is 29.3 Å². The topological polar surface area (TPSA) is 70.7 Å². The van der Waals surface area contributed by atoms with Crippen molar-refractivity contribution in [1.29, 1.82) is 0 Å². The molecule has 0 fully saturated rings. The molecule has 0 bridgehead atoms. The van der Waals surface area contributed by atoms with Crippen LogP contribution in [0.15, 0.2) is 43.0 Å². The van der Waals surface area contributed by atoms with Crippen molar-refractivity contribution in [3.05, 3.63) is 76.9 Å². The van der Waals surface area contributed by atoms with Crippen molar-refractivity contribution in [2.75, 3.05) is 7.11 Å². The average molecular weight is 396 g/mol. The van der Waals surface area contributed by atoms with Crippen LogP contribution in [0.25, 0.3) is 17.1 Å². The third-order valence-corrected chi connectivity index (χ3v) is 5.13. The van der Waals surface area contributed by atoms with E-state index in [0.717, 1.165) is 51.0 Å². The number of methoxy groups -OCH3 is 1. The molecule has 0 aliphatic carbocycles. The van der Waals surface area contributed by atoms with Crippen LogP contribution in [0, 0.1) is 25.7 Å². The van der Waals surface area contributed by atoms with E-state index in [1.54, 1.807) is 13.3 Å². The van der Waals surface area contributed by atoms with E-state index in [1.807, 2.05) is 25.5 Å². The fourth-order valence-corrected chi connectivity index (χ4v) is 3.72. The average Bonchev–Trinajstić information content (AvgIpc) is 3.28. The summed E-state index contributed by atoms with van der Waals surface area (Å²) in [6.07, 6.45) is 5.41. The number of benzene rings is 1. The molecule has 7 heteroatoms. The molecule has 0 spiro atoms. The number of fused-ring (bicyclic) bond motifs is 5. The predicted molar refractivity (Wildman–Crippen MR) is 112 cm³/mol. The van der Waals surface area contributed by atoms with Gasteiger partial charge in [0.25, 0.3) is 0 Å². The number of nitrogens with zero attached hydrogens (tertiary/aromatic N) is 6. The normalized spacial score (nSPS) is 11.7. The van der Waals surface area contributed by atoms with Crippen molar-refractivity contribution in [3.63, 3.8) is 0 Å². The summed E-state index contributed by atoms with van der Waals surface area (Å²) in [5, 5.41) is 8.83. The first-order valence-corrected chi connectivity index (χ1v) is 9.66. The first-order chi connectivity index (χ1) is 14.6. The first kappa shape index (κ1) is 18.3. The SMILES string of the molecule is COCc1nnc2n1Cc1c(C#Cc3cncc(C)c3)ncn1-c1ccc(C)cc1-2. The number of ether oxygens (including phenoxy) is 1. The predicted octanol–water partition coefficient (Wildman–Crippen LogP) is 3.05. The molecule has 0 radical (unpaired) electrons. The van der Waals surface area contributed by atoms with Gasteiger partial charge in [0, 0.05) is 30.6 Å². The number of hydrogen-bond donors (Lipinski definition) is 0. The zero-order valence-corrected chi connectivity index (χ0v) is 17.0. The maximum atomic E-state index is 5.34. The molecule has 4 aromatic rings. The van der Waals surface area contributed by atoms with Gasteiger partial charge in [0.15, 0.2) is 11.6 Å². The lowest BCUT2D eigenvalue weighted by Gasteiger charge is -2.08. The number of pyridine rings is 1. The first-order valence-electron chi connectivity index (χ1n) is 9.66. The molecule has 3 aromatic heterocycles. The molecule has 0 saturated carbocycles. The molecule has 1 aliphatic heterocycles. The van der Waals surface area contributed by atoms with Crippen molar-refractivity contribution in [2.24, 2.45) is 0 Å². The summed E-state index contributed by atoms with van der Waals surface area (Å²) in [4.78, 5) is 8.83. The number of rotatable bonds is 2. The highest BCUT2D eigenvalue weighted by atomic mass is 16.5. The van der Waals surface area contributed by atoms with Gasteiger partial charge in [-0.2, -0.15) is 0 Å². The van der Waals surface area contributed by atoms with Gasteiger partial charge in [0.05, 0.1) is 17.9 Å². The number of aryl methyl sites for hydroxylation is 2. The summed E-state index contributed by atoms with van der Waals surface area (Å²) < 4.78 is 9.52. The molecule has 5 rings (SSSR count). The summed E-state index contributed by atoms with van der Waals surface area (Å²) in [7, 11) is 1.66. The third-order valence-electron chi connectivity index (χ3n) is 5.13. The molecular weight excluding hydrogens is 376 g/mol. The van der Waals surface area contributed by atoms with E-state index in [4.69, 9.17) is 4.74 Å². The summed E-state index contributed by atoms with van der Waals surface area (Å²) in [5.41, 5.74) is 6.86. The standard InChI is InChI=1S/C23H20N6O/c1-15-4-7-20-18(9-15)23-27-26-22(13-30-3)28(23)12-21-19(25-14-29(20)21)6-5-17-8-16(2)10-24-11-17/h4,7-11,14H,12-13H2,1-3H3. The summed E-state index contributed by atoms with van der Waals surface area (Å²) in [6, 6.07) is 8.33. The van der Waals surface area contributed by atoms with Crippen LogP contribution in [0.3, 0.4) is 0 Å². The second-order valence-electron chi connectivity index (χ2n) is 7.39. The van der Waals surface area contributed by atoms with Crippen molar-refractivity contribution in [2.45, 2.75) is 27.0 Å². The molecule has 148 valence electrons. The van der Waals surface area contributed by atoms with E-state index >= 15 is 0 Å². The molecule has 0 amide bonds. The van der Waals surface area contributed by atoms with Crippen LogP contribution < -0.4 is 0 Å². The van der Waals surface area contributed by atoms with Crippen molar-refractivity contribution in [3.8, 4) is 28.9 Å². The summed E-state index contributed by atoms with van der Waals surface area (Å²) in [6.45, 7) is 5.03. The van der Waals surface area contributed by atoms with Crippen LogP contribution in [0.1, 0.15) is 33.9 Å². The zero-order valence-electron chi connectivity index (χ0n) is 17.0. The molecule has 1 aliphatic rings. The van der Waals surface area contributed by atoms with Gasteiger partial charge in [-0.1, -0.05) is 17.6 Å². The molecule has 1 aromatic carbocycles. The van der Waals surface area contributed by atoms with E-state index in [-0.39, 0.29) is 0 Å².